The Balaban J connectivity index is 0. The molecule has 0 aromatic carbocycles. The van der Waals surface area contributed by atoms with Crippen molar-refractivity contribution in [3.05, 3.63) is 0 Å². The molecule has 0 amide bonds. The summed E-state index contributed by atoms with van der Waals surface area (Å²) in [4.78, 5) is 49.0. The second kappa shape index (κ2) is 9.18. The van der Waals surface area contributed by atoms with Gasteiger partial charge in [0.15, 0.2) is 0 Å². The maximum atomic E-state index is 8.27. The molecule has 0 aliphatic heterocycles. The highest BCUT2D eigenvalue weighted by atomic mass is 28.4. The quantitative estimate of drug-likeness (QED) is 0.234. The van der Waals surface area contributed by atoms with Crippen molar-refractivity contribution in [3.8, 4) is 0 Å². The Morgan fingerprint density at radius 3 is 1.44 bits per heavy atom. The second-order valence-corrected chi connectivity index (χ2v) is 5.66. The Morgan fingerprint density at radius 2 is 1.25 bits per heavy atom. The van der Waals surface area contributed by atoms with Gasteiger partial charge in [-0.3, -0.25) is 0 Å². The van der Waals surface area contributed by atoms with Crippen LogP contribution in [0.25, 0.3) is 0 Å². The molecule has 100 valence electrons. The maximum absolute atomic E-state index is 8.27. The fraction of sp³-hybridized carbons (Fsp3) is 1.00. The number of rotatable bonds is 6. The number of unbranched alkanes of at least 4 members (excludes halogenated alkanes) is 1. The molecule has 0 unspecified atom stereocenters. The molecule has 0 saturated carbocycles. The van der Waals surface area contributed by atoms with Crippen LogP contribution in [-0.4, -0.2) is 60.1 Å². The van der Waals surface area contributed by atoms with Crippen molar-refractivity contribution in [1.82, 2.24) is 0 Å². The first-order valence-corrected chi connectivity index (χ1v) is 8.24. The number of hydrogen-bond acceptors (Lipinski definition) is 8. The zero-order valence-electron chi connectivity index (χ0n) is 9.33. The number of hydrogen-bond donors (Lipinski definition) is 6. The molecular weight excluding hydrogens is 256 g/mol. The van der Waals surface area contributed by atoms with Gasteiger partial charge in [-0.05, 0) is 13.3 Å². The van der Waals surface area contributed by atoms with Crippen molar-refractivity contribution in [2.45, 2.75) is 26.7 Å². The van der Waals surface area contributed by atoms with E-state index < -0.39 is 18.1 Å². The summed E-state index contributed by atoms with van der Waals surface area (Å²) in [5.41, 5.74) is 0. The van der Waals surface area contributed by atoms with Gasteiger partial charge in [-0.1, -0.05) is 13.3 Å². The van der Waals surface area contributed by atoms with E-state index in [0.29, 0.717) is 0 Å². The van der Waals surface area contributed by atoms with Gasteiger partial charge in [0.2, 0.25) is 0 Å². The van der Waals surface area contributed by atoms with Gasteiger partial charge >= 0.3 is 18.1 Å². The zero-order chi connectivity index (χ0) is 13.2. The van der Waals surface area contributed by atoms with Gasteiger partial charge in [-0.25, -0.2) is 0 Å². The van der Waals surface area contributed by atoms with Gasteiger partial charge in [-0.2, -0.15) is 0 Å². The van der Waals surface area contributed by atoms with Crippen LogP contribution >= 0.6 is 0 Å². The lowest BCUT2D eigenvalue weighted by atomic mass is 10.4. The fourth-order valence-electron chi connectivity index (χ4n) is 0.547. The van der Waals surface area contributed by atoms with Crippen molar-refractivity contribution in [1.29, 1.82) is 0 Å². The molecule has 10 heteroatoms. The predicted molar refractivity (Wildman–Crippen MR) is 57.3 cm³/mol. The normalized spacial score (nSPS) is 12.0. The lowest BCUT2D eigenvalue weighted by Gasteiger charge is -2.07. The van der Waals surface area contributed by atoms with Crippen molar-refractivity contribution < 1.29 is 37.6 Å². The molecule has 8 nitrogen and oxygen atoms in total. The Labute approximate surface area is 96.3 Å². The molecular formula is C6H20O8Si2. The summed E-state index contributed by atoms with van der Waals surface area (Å²) in [6.07, 6.45) is 1.64. The first-order valence-electron chi connectivity index (χ1n) is 4.74. The van der Waals surface area contributed by atoms with Gasteiger partial charge in [-0.15, -0.1) is 0 Å². The molecule has 0 aliphatic rings. The van der Waals surface area contributed by atoms with E-state index in [0.717, 1.165) is 12.8 Å². The fourth-order valence-corrected chi connectivity index (χ4v) is 1.35. The average Bonchev–Trinajstić information content (AvgIpc) is 2.01. The van der Waals surface area contributed by atoms with Crippen LogP contribution in [0.3, 0.4) is 0 Å². The van der Waals surface area contributed by atoms with E-state index in [1.54, 1.807) is 6.92 Å². The summed E-state index contributed by atoms with van der Waals surface area (Å²) in [6.45, 7) is 3.84. The summed E-state index contributed by atoms with van der Waals surface area (Å²) in [5.74, 6) is 0. The third kappa shape index (κ3) is 23.7. The van der Waals surface area contributed by atoms with E-state index in [1.165, 1.54) is 0 Å². The van der Waals surface area contributed by atoms with Crippen LogP contribution in [0, 0.1) is 0 Å². The molecule has 6 N–H and O–H groups in total. The molecule has 0 radical (unpaired) electrons. The van der Waals surface area contributed by atoms with E-state index in [2.05, 4.69) is 8.85 Å². The summed E-state index contributed by atoms with van der Waals surface area (Å²) in [7, 11) is -8.35. The molecule has 0 saturated heterocycles. The molecule has 0 aromatic heterocycles. The van der Waals surface area contributed by atoms with Gasteiger partial charge in [0, 0.05) is 13.2 Å². The van der Waals surface area contributed by atoms with E-state index in [4.69, 9.17) is 28.8 Å². The van der Waals surface area contributed by atoms with Crippen molar-refractivity contribution >= 4 is 18.1 Å². The summed E-state index contributed by atoms with van der Waals surface area (Å²) < 4.78 is 8.31. The minimum Gasteiger partial charge on any atom is -0.368 e. The van der Waals surface area contributed by atoms with E-state index in [1.807, 2.05) is 6.92 Å². The molecule has 0 atom stereocenters. The molecule has 0 bridgehead atoms. The summed E-state index contributed by atoms with van der Waals surface area (Å²) >= 11 is 0. The average molecular weight is 276 g/mol. The predicted octanol–water partition coefficient (Wildman–Crippen LogP) is -2.35. The SMILES string of the molecule is CCCCO[Si](O)(O)O.CCO[Si](O)(O)O. The third-order valence-electron chi connectivity index (χ3n) is 1.13. The van der Waals surface area contributed by atoms with Crippen LogP contribution in [0.5, 0.6) is 0 Å². The van der Waals surface area contributed by atoms with Crippen molar-refractivity contribution in [3.63, 3.8) is 0 Å². The molecule has 0 spiro atoms. The van der Waals surface area contributed by atoms with Crippen LogP contribution in [-0.2, 0) is 8.85 Å². The molecule has 0 rings (SSSR count). The molecule has 0 heterocycles. The maximum Gasteiger partial charge on any atom is 0.671 e. The largest absolute Gasteiger partial charge is 0.671 e. The second-order valence-electron chi connectivity index (χ2n) is 2.78. The van der Waals surface area contributed by atoms with Gasteiger partial charge in [0.05, 0.1) is 0 Å². The minimum absolute atomic E-state index is 0.121. The first kappa shape index (κ1) is 18.5. The highest BCUT2D eigenvalue weighted by molar-refractivity contribution is 6.48. The Kier molecular flexibility index (Phi) is 10.6. The van der Waals surface area contributed by atoms with Gasteiger partial charge in [0.25, 0.3) is 0 Å². The topological polar surface area (TPSA) is 140 Å². The van der Waals surface area contributed by atoms with E-state index >= 15 is 0 Å². The van der Waals surface area contributed by atoms with E-state index in [-0.39, 0.29) is 13.2 Å². The van der Waals surface area contributed by atoms with E-state index in [9.17, 15) is 0 Å². The lowest BCUT2D eigenvalue weighted by molar-refractivity contribution is 0.0618. The summed E-state index contributed by atoms with van der Waals surface area (Å²) in [6, 6.07) is 0. The molecule has 0 aromatic rings. The molecule has 0 fully saturated rings. The lowest BCUT2D eigenvalue weighted by Crippen LogP contribution is -2.39. The van der Waals surface area contributed by atoms with Crippen LogP contribution < -0.4 is 0 Å². The Bertz CT molecular complexity index is 154. The zero-order valence-corrected chi connectivity index (χ0v) is 11.3. The van der Waals surface area contributed by atoms with Crippen LogP contribution in [0.4, 0.5) is 0 Å². The first-order chi connectivity index (χ1) is 7.12. The van der Waals surface area contributed by atoms with Crippen LogP contribution in [0.1, 0.15) is 26.7 Å². The monoisotopic (exact) mass is 276 g/mol. The molecule has 0 aliphatic carbocycles. The standard InChI is InChI=1S/C4H12O4Si.C2H8O4Si/c1-2-3-4-8-9(5,6)7;1-2-6-7(3,4)5/h5-7H,2-4H2,1H3;3-5H,2H2,1H3. The summed E-state index contributed by atoms with van der Waals surface area (Å²) in [5, 5.41) is 0. The minimum atomic E-state index is -4.19. The smallest absolute Gasteiger partial charge is 0.368 e. The Morgan fingerprint density at radius 1 is 0.812 bits per heavy atom. The van der Waals surface area contributed by atoms with Crippen LogP contribution in [0.2, 0.25) is 0 Å². The van der Waals surface area contributed by atoms with Crippen molar-refractivity contribution in [2.24, 2.45) is 0 Å². The van der Waals surface area contributed by atoms with Crippen LogP contribution in [0.15, 0.2) is 0 Å². The highest BCUT2D eigenvalue weighted by Crippen LogP contribution is 1.93. The van der Waals surface area contributed by atoms with Gasteiger partial charge in [0.1, 0.15) is 0 Å². The Hall–Kier alpha value is 0.114. The third-order valence-corrected chi connectivity index (χ3v) is 2.40. The molecule has 16 heavy (non-hydrogen) atoms. The van der Waals surface area contributed by atoms with Crippen molar-refractivity contribution in [2.75, 3.05) is 13.2 Å². The van der Waals surface area contributed by atoms with Gasteiger partial charge < -0.3 is 37.6 Å². The highest BCUT2D eigenvalue weighted by Gasteiger charge is 2.29.